The summed E-state index contributed by atoms with van der Waals surface area (Å²) in [6, 6.07) is 29.9. The smallest absolute Gasteiger partial charge is 0.475 e. The lowest BCUT2D eigenvalue weighted by Crippen LogP contribution is -2.38. The largest absolute Gasteiger partial charge is 0.490 e. The van der Waals surface area contributed by atoms with Crippen molar-refractivity contribution in [3.05, 3.63) is 124 Å². The summed E-state index contributed by atoms with van der Waals surface area (Å²) in [5.74, 6) is -1.14. The van der Waals surface area contributed by atoms with E-state index < -0.39 is 22.2 Å². The molecular formula is C44H50BrF3N4O6S. The van der Waals surface area contributed by atoms with E-state index in [1.54, 1.807) is 17.0 Å². The number of carboxylic acids is 1. The number of rotatable bonds is 13. The number of piperidine rings is 2. The number of amides is 2. The van der Waals surface area contributed by atoms with Crippen molar-refractivity contribution >= 4 is 43.7 Å². The Balaban J connectivity index is 0.000000867. The van der Waals surface area contributed by atoms with Gasteiger partial charge in [0.15, 0.2) is 0 Å². The fraction of sp³-hybridized carbons (Fsp3) is 0.386. The summed E-state index contributed by atoms with van der Waals surface area (Å²) < 4.78 is 56.3. The van der Waals surface area contributed by atoms with Crippen LogP contribution in [0.4, 0.5) is 13.2 Å². The van der Waals surface area contributed by atoms with Crippen molar-refractivity contribution < 1.29 is 41.1 Å². The number of hydrogen-bond donors (Lipinski definition) is 3. The zero-order valence-corrected chi connectivity index (χ0v) is 35.1. The predicted octanol–water partition coefficient (Wildman–Crippen LogP) is 8.19. The van der Waals surface area contributed by atoms with Gasteiger partial charge in [0.25, 0.3) is 5.91 Å². The summed E-state index contributed by atoms with van der Waals surface area (Å²) in [6.07, 6.45) is 3.82. The van der Waals surface area contributed by atoms with E-state index >= 15 is 0 Å². The first-order chi connectivity index (χ1) is 28.0. The highest BCUT2D eigenvalue weighted by molar-refractivity contribution is 9.10. The molecule has 2 aliphatic rings. The molecule has 59 heavy (non-hydrogen) atoms. The van der Waals surface area contributed by atoms with Crippen LogP contribution in [-0.2, 0) is 39.1 Å². The average molecular weight is 900 g/mol. The van der Waals surface area contributed by atoms with Crippen LogP contribution < -0.4 is 10.5 Å². The van der Waals surface area contributed by atoms with Crippen molar-refractivity contribution in [2.24, 2.45) is 17.0 Å². The van der Waals surface area contributed by atoms with Crippen LogP contribution in [-0.4, -0.2) is 73.5 Å². The van der Waals surface area contributed by atoms with E-state index in [1.807, 2.05) is 71.6 Å². The van der Waals surface area contributed by atoms with Gasteiger partial charge < -0.3 is 20.2 Å². The zero-order chi connectivity index (χ0) is 42.6. The molecule has 4 aromatic rings. The van der Waals surface area contributed by atoms with E-state index in [4.69, 9.17) is 15.0 Å². The molecular weight excluding hydrogens is 849 g/mol. The number of nitrogens with two attached hydrogens (primary N) is 1. The quantitative estimate of drug-likeness (QED) is 0.123. The van der Waals surface area contributed by atoms with Gasteiger partial charge in [0.05, 0.1) is 11.3 Å². The first-order valence-electron chi connectivity index (χ1n) is 19.7. The molecule has 0 aromatic heterocycles. The van der Waals surface area contributed by atoms with Gasteiger partial charge in [-0.2, -0.15) is 13.2 Å². The Kier molecular flexibility index (Phi) is 16.3. The minimum Gasteiger partial charge on any atom is -0.475 e. The van der Waals surface area contributed by atoms with Gasteiger partial charge in [0.2, 0.25) is 15.9 Å². The van der Waals surface area contributed by atoms with E-state index in [0.717, 1.165) is 77.2 Å². The van der Waals surface area contributed by atoms with Gasteiger partial charge in [0.1, 0.15) is 0 Å². The summed E-state index contributed by atoms with van der Waals surface area (Å²) in [4.78, 5) is 40.1. The number of likely N-dealkylation sites (tertiary alicyclic amines) is 1. The van der Waals surface area contributed by atoms with Crippen molar-refractivity contribution in [3.8, 4) is 11.1 Å². The number of carboxylic acid groups (broad SMARTS) is 1. The summed E-state index contributed by atoms with van der Waals surface area (Å²) in [7, 11) is -3.82. The maximum Gasteiger partial charge on any atom is 0.490 e. The number of hydrogen-bond acceptors (Lipinski definition) is 6. The van der Waals surface area contributed by atoms with Crippen molar-refractivity contribution in [1.82, 2.24) is 15.1 Å². The maximum atomic E-state index is 13.8. The third-order valence-electron chi connectivity index (χ3n) is 10.8. The average Bonchev–Trinajstić information content (AvgIpc) is 3.21. The van der Waals surface area contributed by atoms with Crippen LogP contribution in [0, 0.1) is 11.8 Å². The maximum absolute atomic E-state index is 13.8. The van der Waals surface area contributed by atoms with Gasteiger partial charge in [-0.15, -0.1) is 0 Å². The number of alkyl halides is 3. The van der Waals surface area contributed by atoms with Crippen LogP contribution in [0.25, 0.3) is 11.1 Å². The van der Waals surface area contributed by atoms with Gasteiger partial charge in [-0.25, -0.2) is 18.4 Å². The number of carbonyl (C=O) groups excluding carboxylic acids is 2. The highest BCUT2D eigenvalue weighted by Gasteiger charge is 2.38. The highest BCUT2D eigenvalue weighted by atomic mass is 79.9. The molecule has 0 unspecified atom stereocenters. The van der Waals surface area contributed by atoms with Crippen LogP contribution >= 0.6 is 15.9 Å². The summed E-state index contributed by atoms with van der Waals surface area (Å²) in [5.41, 5.74) is 5.24. The number of aliphatic carboxylic acids is 1. The predicted molar refractivity (Wildman–Crippen MR) is 224 cm³/mol. The van der Waals surface area contributed by atoms with Gasteiger partial charge in [-0.3, -0.25) is 9.59 Å². The number of nitrogens with one attached hydrogen (secondary N) is 1. The topological polar surface area (TPSA) is 150 Å². The van der Waals surface area contributed by atoms with Crippen LogP contribution in [0.1, 0.15) is 72.0 Å². The molecule has 0 radical (unpaired) electrons. The number of primary sulfonamides is 1. The molecule has 0 aliphatic carbocycles. The molecule has 6 rings (SSSR count). The van der Waals surface area contributed by atoms with Gasteiger partial charge in [0, 0.05) is 36.2 Å². The molecule has 2 aliphatic heterocycles. The summed E-state index contributed by atoms with van der Waals surface area (Å²) >= 11 is 3.50. The van der Waals surface area contributed by atoms with Gasteiger partial charge in [-0.05, 0) is 121 Å². The zero-order valence-electron chi connectivity index (χ0n) is 32.7. The Morgan fingerprint density at radius 1 is 0.780 bits per heavy atom. The Labute approximate surface area is 352 Å². The molecule has 2 heterocycles. The van der Waals surface area contributed by atoms with E-state index in [0.29, 0.717) is 24.6 Å². The number of carbonyl (C=O) groups is 3. The van der Waals surface area contributed by atoms with Crippen LogP contribution in [0.5, 0.6) is 0 Å². The fourth-order valence-corrected chi connectivity index (χ4v) is 8.51. The molecule has 316 valence electrons. The van der Waals surface area contributed by atoms with Crippen LogP contribution in [0.3, 0.4) is 0 Å². The SMILES string of the molecule is NS(=O)(=O)c1ccc(CN(Cc2cccc(-c3cccc(C(=O)N4CCC(CCCC5CCNCC5)CC4)c3)c2)C(=O)Cc2cccc(Br)c2)cc1.O=C(O)C(F)(F)F. The molecule has 2 fully saturated rings. The first-order valence-corrected chi connectivity index (χ1v) is 22.0. The second kappa shape index (κ2) is 21.1. The molecule has 0 saturated carbocycles. The summed E-state index contributed by atoms with van der Waals surface area (Å²) in [5, 5.41) is 15.9. The minimum atomic E-state index is -5.08. The Hall–Kier alpha value is -4.57. The third-order valence-corrected chi connectivity index (χ3v) is 12.2. The van der Waals surface area contributed by atoms with E-state index in [-0.39, 0.29) is 23.1 Å². The van der Waals surface area contributed by atoms with Crippen LogP contribution in [0.15, 0.2) is 106 Å². The lowest BCUT2D eigenvalue weighted by Gasteiger charge is -2.32. The molecule has 2 amide bonds. The Morgan fingerprint density at radius 3 is 1.95 bits per heavy atom. The number of nitrogens with zero attached hydrogens (tertiary/aromatic N) is 2. The second-order valence-electron chi connectivity index (χ2n) is 15.2. The molecule has 2 saturated heterocycles. The van der Waals surface area contributed by atoms with Gasteiger partial charge in [-0.1, -0.05) is 89.8 Å². The molecule has 0 spiro atoms. The van der Waals surface area contributed by atoms with Crippen molar-refractivity contribution in [1.29, 1.82) is 0 Å². The van der Waals surface area contributed by atoms with E-state index in [2.05, 4.69) is 27.3 Å². The van der Waals surface area contributed by atoms with Gasteiger partial charge >= 0.3 is 12.1 Å². The van der Waals surface area contributed by atoms with Crippen molar-refractivity contribution in [2.45, 2.75) is 75.5 Å². The normalized spacial score (nSPS) is 15.2. The van der Waals surface area contributed by atoms with Crippen molar-refractivity contribution in [3.63, 3.8) is 0 Å². The van der Waals surface area contributed by atoms with Crippen molar-refractivity contribution in [2.75, 3.05) is 26.2 Å². The lowest BCUT2D eigenvalue weighted by molar-refractivity contribution is -0.192. The minimum absolute atomic E-state index is 0.0273. The van der Waals surface area contributed by atoms with E-state index in [1.165, 1.54) is 44.2 Å². The Bertz CT molecular complexity index is 2160. The molecule has 0 bridgehead atoms. The number of halogens is 4. The summed E-state index contributed by atoms with van der Waals surface area (Å²) in [6.45, 7) is 4.59. The standard InChI is InChI=1S/C42H49BrN4O4S.C2HF3O2/c43-39-12-3-7-34(26-39)27-41(48)47(29-33-13-15-40(16-14-33)52(44,50)51)30-35-8-2-9-36(25-35)37-10-4-11-38(28-37)42(49)46-23-19-32(20-24-46)6-1-5-31-17-21-45-22-18-31;3-2(4,5)1(6)7/h2-4,7-16,25-26,28,31-32,45H,1,5-6,17-24,27,29-30H2,(H2,44,50,51);(H,6,7). The first kappa shape index (κ1) is 45.5. The highest BCUT2D eigenvalue weighted by Crippen LogP contribution is 2.28. The Morgan fingerprint density at radius 2 is 1.34 bits per heavy atom. The fourth-order valence-electron chi connectivity index (χ4n) is 7.54. The van der Waals surface area contributed by atoms with E-state index in [9.17, 15) is 31.2 Å². The lowest BCUT2D eigenvalue weighted by atomic mass is 9.87. The third kappa shape index (κ3) is 14.3. The molecule has 4 N–H and O–H groups in total. The van der Waals surface area contributed by atoms with Crippen LogP contribution in [0.2, 0.25) is 0 Å². The number of benzene rings is 4. The molecule has 15 heteroatoms. The molecule has 0 atom stereocenters. The molecule has 10 nitrogen and oxygen atoms in total. The monoisotopic (exact) mass is 898 g/mol. The number of sulfonamides is 1. The molecule has 4 aromatic carbocycles. The second-order valence-corrected chi connectivity index (χ2v) is 17.7.